The fourth-order valence-electron chi connectivity index (χ4n) is 1.67. The summed E-state index contributed by atoms with van der Waals surface area (Å²) >= 11 is 0. The maximum atomic E-state index is 12.3. The summed E-state index contributed by atoms with van der Waals surface area (Å²) in [5, 5.41) is 5.52. The van der Waals surface area contributed by atoms with Crippen LogP contribution in [0, 0.1) is 12.3 Å². The molecule has 1 aromatic rings. The molecule has 0 spiro atoms. The molecule has 1 rings (SSSR count). The highest BCUT2D eigenvalue weighted by atomic mass is 16.5. The van der Waals surface area contributed by atoms with Crippen molar-refractivity contribution in [1.29, 1.82) is 0 Å². The number of amides is 2. The van der Waals surface area contributed by atoms with Crippen molar-refractivity contribution in [3.05, 3.63) is 29.8 Å². The summed E-state index contributed by atoms with van der Waals surface area (Å²) in [5.41, 5.74) is 0.673. The van der Waals surface area contributed by atoms with Crippen LogP contribution in [0.1, 0.15) is 25.8 Å². The Kier molecular flexibility index (Phi) is 6.37. The molecule has 0 aromatic heterocycles. The van der Waals surface area contributed by atoms with E-state index in [2.05, 4.69) is 10.6 Å². The van der Waals surface area contributed by atoms with E-state index in [0.29, 0.717) is 18.8 Å². The molecule has 0 bridgehead atoms. The first kappa shape index (κ1) is 17.2. The molecular formula is C16H24N2O3. The zero-order chi connectivity index (χ0) is 15.9. The van der Waals surface area contributed by atoms with Crippen molar-refractivity contribution in [2.75, 3.05) is 25.6 Å². The Morgan fingerprint density at radius 2 is 1.76 bits per heavy atom. The molecule has 0 saturated heterocycles. The van der Waals surface area contributed by atoms with Gasteiger partial charge in [-0.3, -0.25) is 9.59 Å². The first-order valence-electron chi connectivity index (χ1n) is 7.03. The number of ether oxygens (including phenoxy) is 1. The van der Waals surface area contributed by atoms with Crippen molar-refractivity contribution in [3.63, 3.8) is 0 Å². The first-order valence-corrected chi connectivity index (χ1v) is 7.03. The van der Waals surface area contributed by atoms with E-state index in [1.54, 1.807) is 21.0 Å². The van der Waals surface area contributed by atoms with Crippen molar-refractivity contribution in [2.24, 2.45) is 5.41 Å². The second-order valence-corrected chi connectivity index (χ2v) is 5.55. The zero-order valence-corrected chi connectivity index (χ0v) is 13.2. The maximum absolute atomic E-state index is 12.3. The van der Waals surface area contributed by atoms with Gasteiger partial charge in [0.25, 0.3) is 0 Å². The highest BCUT2D eigenvalue weighted by molar-refractivity contribution is 6.09. The van der Waals surface area contributed by atoms with Crippen LogP contribution in [0.3, 0.4) is 0 Å². The van der Waals surface area contributed by atoms with Crippen molar-refractivity contribution in [1.82, 2.24) is 5.32 Å². The second-order valence-electron chi connectivity index (χ2n) is 5.55. The summed E-state index contributed by atoms with van der Waals surface area (Å²) in [6, 6.07) is 7.46. The molecule has 5 nitrogen and oxygen atoms in total. The lowest BCUT2D eigenvalue weighted by atomic mass is 9.91. The lowest BCUT2D eigenvalue weighted by molar-refractivity contribution is -0.138. The van der Waals surface area contributed by atoms with E-state index in [1.807, 2.05) is 31.2 Å². The number of benzene rings is 1. The third kappa shape index (κ3) is 5.19. The van der Waals surface area contributed by atoms with Gasteiger partial charge in [0, 0.05) is 25.9 Å². The topological polar surface area (TPSA) is 67.4 Å². The molecule has 2 amide bonds. The summed E-state index contributed by atoms with van der Waals surface area (Å²) in [6.45, 7) is 6.28. The average Bonchev–Trinajstić information content (AvgIpc) is 2.45. The van der Waals surface area contributed by atoms with E-state index in [1.165, 1.54) is 0 Å². The number of rotatable bonds is 7. The van der Waals surface area contributed by atoms with E-state index in [4.69, 9.17) is 4.74 Å². The van der Waals surface area contributed by atoms with E-state index in [9.17, 15) is 9.59 Å². The minimum Gasteiger partial charge on any atom is -0.385 e. The van der Waals surface area contributed by atoms with Gasteiger partial charge in [0.2, 0.25) is 11.8 Å². The fourth-order valence-corrected chi connectivity index (χ4v) is 1.67. The van der Waals surface area contributed by atoms with E-state index in [0.717, 1.165) is 12.0 Å². The van der Waals surface area contributed by atoms with Crippen LogP contribution in [0.4, 0.5) is 5.69 Å². The van der Waals surface area contributed by atoms with Crippen LogP contribution in [0.5, 0.6) is 0 Å². The number of anilines is 1. The maximum Gasteiger partial charge on any atom is 0.239 e. The quantitative estimate of drug-likeness (QED) is 0.597. The number of hydrogen-bond acceptors (Lipinski definition) is 3. The molecule has 0 aliphatic rings. The van der Waals surface area contributed by atoms with Crippen LogP contribution in [0.15, 0.2) is 24.3 Å². The lowest BCUT2D eigenvalue weighted by Crippen LogP contribution is -2.45. The Labute approximate surface area is 126 Å². The van der Waals surface area contributed by atoms with Gasteiger partial charge in [0.1, 0.15) is 5.41 Å². The summed E-state index contributed by atoms with van der Waals surface area (Å²) in [6.07, 6.45) is 0.720. The Morgan fingerprint density at radius 3 is 2.33 bits per heavy atom. The molecule has 0 unspecified atom stereocenters. The highest BCUT2D eigenvalue weighted by Gasteiger charge is 2.35. The third-order valence-corrected chi connectivity index (χ3v) is 3.26. The molecule has 0 aliphatic heterocycles. The molecule has 0 heterocycles. The Hall–Kier alpha value is -1.88. The van der Waals surface area contributed by atoms with Gasteiger partial charge in [-0.2, -0.15) is 0 Å². The van der Waals surface area contributed by atoms with Crippen molar-refractivity contribution < 1.29 is 14.3 Å². The molecule has 0 atom stereocenters. The van der Waals surface area contributed by atoms with Gasteiger partial charge in [-0.15, -0.1) is 0 Å². The Morgan fingerprint density at radius 1 is 1.14 bits per heavy atom. The van der Waals surface area contributed by atoms with Gasteiger partial charge < -0.3 is 15.4 Å². The predicted octanol–water partition coefficient (Wildman–Crippen LogP) is 2.11. The molecule has 21 heavy (non-hydrogen) atoms. The molecular weight excluding hydrogens is 268 g/mol. The molecule has 2 N–H and O–H groups in total. The number of carbonyl (C=O) groups is 2. The zero-order valence-electron chi connectivity index (χ0n) is 13.2. The van der Waals surface area contributed by atoms with Crippen LogP contribution >= 0.6 is 0 Å². The van der Waals surface area contributed by atoms with Gasteiger partial charge >= 0.3 is 0 Å². The van der Waals surface area contributed by atoms with Gasteiger partial charge in [-0.05, 0) is 39.3 Å². The van der Waals surface area contributed by atoms with Crippen molar-refractivity contribution >= 4 is 17.5 Å². The van der Waals surface area contributed by atoms with Gasteiger partial charge in [0.15, 0.2) is 0 Å². The fraction of sp³-hybridized carbons (Fsp3) is 0.500. The first-order chi connectivity index (χ1) is 9.87. The lowest BCUT2D eigenvalue weighted by Gasteiger charge is -2.22. The minimum atomic E-state index is -1.13. The number of hydrogen-bond donors (Lipinski definition) is 2. The molecule has 0 aliphatic carbocycles. The Bertz CT molecular complexity index is 481. The molecule has 116 valence electrons. The second kappa shape index (κ2) is 7.78. The third-order valence-electron chi connectivity index (χ3n) is 3.26. The summed E-state index contributed by atoms with van der Waals surface area (Å²) in [7, 11) is 1.61. The van der Waals surface area contributed by atoms with Gasteiger partial charge in [-0.25, -0.2) is 0 Å². The number of methoxy groups -OCH3 is 1. The normalized spacial score (nSPS) is 11.0. The summed E-state index contributed by atoms with van der Waals surface area (Å²) in [4.78, 5) is 24.4. The van der Waals surface area contributed by atoms with E-state index >= 15 is 0 Å². The number of aryl methyl sites for hydroxylation is 1. The minimum absolute atomic E-state index is 0.289. The smallest absolute Gasteiger partial charge is 0.239 e. The van der Waals surface area contributed by atoms with Crippen LogP contribution in [-0.2, 0) is 14.3 Å². The monoisotopic (exact) mass is 292 g/mol. The summed E-state index contributed by atoms with van der Waals surface area (Å²) in [5.74, 6) is -0.612. The molecule has 0 saturated carbocycles. The van der Waals surface area contributed by atoms with Crippen LogP contribution in [0.2, 0.25) is 0 Å². The van der Waals surface area contributed by atoms with Crippen LogP contribution < -0.4 is 10.6 Å². The Balaban J connectivity index is 2.57. The van der Waals surface area contributed by atoms with Gasteiger partial charge in [-0.1, -0.05) is 17.7 Å². The summed E-state index contributed by atoms with van der Waals surface area (Å²) < 4.78 is 4.91. The van der Waals surface area contributed by atoms with Crippen LogP contribution in [-0.4, -0.2) is 32.1 Å². The molecule has 0 radical (unpaired) electrons. The SMILES string of the molecule is COCCCNC(=O)C(C)(C)C(=O)Nc1ccc(C)cc1. The van der Waals surface area contributed by atoms with Crippen molar-refractivity contribution in [3.8, 4) is 0 Å². The van der Waals surface area contributed by atoms with Crippen LogP contribution in [0.25, 0.3) is 0 Å². The largest absolute Gasteiger partial charge is 0.385 e. The molecule has 5 heteroatoms. The van der Waals surface area contributed by atoms with E-state index in [-0.39, 0.29) is 11.8 Å². The standard InChI is InChI=1S/C16H24N2O3/c1-12-6-8-13(9-7-12)18-15(20)16(2,3)14(19)17-10-5-11-21-4/h6-9H,5,10-11H2,1-4H3,(H,17,19)(H,18,20). The highest BCUT2D eigenvalue weighted by Crippen LogP contribution is 2.19. The number of nitrogens with one attached hydrogen (secondary N) is 2. The molecule has 1 aromatic carbocycles. The van der Waals surface area contributed by atoms with Gasteiger partial charge in [0.05, 0.1) is 0 Å². The number of carbonyl (C=O) groups excluding carboxylic acids is 2. The van der Waals surface area contributed by atoms with Crippen molar-refractivity contribution in [2.45, 2.75) is 27.2 Å². The van der Waals surface area contributed by atoms with E-state index < -0.39 is 5.41 Å². The molecule has 0 fully saturated rings. The predicted molar refractivity (Wildman–Crippen MR) is 83.1 cm³/mol. The average molecular weight is 292 g/mol.